The van der Waals surface area contributed by atoms with E-state index in [1.165, 1.54) is 206 Å². The van der Waals surface area contributed by atoms with Crippen LogP contribution in [0.25, 0.3) is 0 Å². The third kappa shape index (κ3) is 37.1. The molecular weight excluding hydrogens is 747 g/mol. The highest BCUT2D eigenvalue weighted by Crippen LogP contribution is 2.31. The maximum atomic E-state index is 12.1. The molecule has 2 aliphatic rings. The normalized spacial score (nSPS) is 19.6. The number of amides is 1. The first-order valence-corrected chi connectivity index (χ1v) is 26.3. The van der Waals surface area contributed by atoms with Crippen LogP contribution in [0.4, 0.5) is 0 Å². The van der Waals surface area contributed by atoms with Crippen LogP contribution in [0, 0.1) is 23.7 Å². The molecule has 0 spiro atoms. The Morgan fingerprint density at radius 3 is 1.28 bits per heavy atom. The number of ketones is 1. The molecule has 1 amide bonds. The monoisotopic (exact) mass is 848 g/mol. The van der Waals surface area contributed by atoms with Gasteiger partial charge in [0.05, 0.1) is 26.2 Å². The Bertz CT molecular complexity index is 972. The van der Waals surface area contributed by atoms with Gasteiger partial charge in [-0.2, -0.15) is 0 Å². The number of ether oxygens (including phenoxy) is 2. The van der Waals surface area contributed by atoms with Crippen LogP contribution in [-0.4, -0.2) is 56.2 Å². The number of Topliss-reactive ketones (excluding diaryl/α,β-unsaturated/α-hetero) is 1. The van der Waals surface area contributed by atoms with E-state index in [1.807, 2.05) is 0 Å². The molecule has 0 aromatic carbocycles. The first-order valence-electron chi connectivity index (χ1n) is 26.3. The lowest BCUT2D eigenvalue weighted by Crippen LogP contribution is -2.30. The van der Waals surface area contributed by atoms with Gasteiger partial charge < -0.3 is 19.9 Å². The molecule has 7 nitrogen and oxygen atoms in total. The first kappa shape index (κ1) is 56.5. The van der Waals surface area contributed by atoms with E-state index >= 15 is 0 Å². The molecule has 0 radical (unpaired) electrons. The van der Waals surface area contributed by atoms with Crippen LogP contribution in [0.1, 0.15) is 264 Å². The molecule has 1 atom stereocenters. The molecule has 1 unspecified atom stereocenters. The number of rotatable bonds is 38. The third-order valence-electron chi connectivity index (χ3n) is 13.8. The third-order valence-corrected chi connectivity index (χ3v) is 13.8. The van der Waals surface area contributed by atoms with Crippen LogP contribution in [0.2, 0.25) is 0 Å². The van der Waals surface area contributed by atoms with Crippen LogP contribution >= 0.6 is 0 Å². The number of hydrogen-bond donors (Lipinski definition) is 2. The van der Waals surface area contributed by atoms with Crippen LogP contribution in [0.5, 0.6) is 0 Å². The van der Waals surface area contributed by atoms with Crippen molar-refractivity contribution in [2.45, 2.75) is 270 Å². The van der Waals surface area contributed by atoms with Gasteiger partial charge in [0, 0.05) is 32.9 Å². The first-order chi connectivity index (χ1) is 29.2. The number of carbonyl (C=O) groups excluding carboxylic acids is 3. The smallest absolute Gasteiger partial charge is 0.305 e. The Labute approximate surface area is 372 Å². The highest BCUT2D eigenvalue weighted by molar-refractivity contribution is 5.82. The van der Waals surface area contributed by atoms with Gasteiger partial charge in [-0.1, -0.05) is 206 Å². The Hall–Kier alpha value is -1.47. The minimum absolute atomic E-state index is 0.203. The van der Waals surface area contributed by atoms with Gasteiger partial charge >= 0.3 is 5.97 Å². The van der Waals surface area contributed by atoms with Crippen LogP contribution in [0.3, 0.4) is 0 Å². The van der Waals surface area contributed by atoms with E-state index in [9.17, 15) is 19.5 Å². The van der Waals surface area contributed by atoms with E-state index in [0.717, 1.165) is 62.3 Å². The van der Waals surface area contributed by atoms with Gasteiger partial charge in [-0.3, -0.25) is 14.4 Å². The fourth-order valence-corrected chi connectivity index (χ4v) is 9.34. The summed E-state index contributed by atoms with van der Waals surface area (Å²) >= 11 is 0. The molecule has 60 heavy (non-hydrogen) atoms. The minimum Gasteiger partial charge on any atom is -0.469 e. The molecule has 0 aliphatic heterocycles. The number of methoxy groups -OCH3 is 2. The van der Waals surface area contributed by atoms with Crippen LogP contribution in [0.15, 0.2) is 0 Å². The largest absolute Gasteiger partial charge is 0.469 e. The molecule has 0 heterocycles. The van der Waals surface area contributed by atoms with Crippen molar-refractivity contribution in [1.29, 1.82) is 0 Å². The summed E-state index contributed by atoms with van der Waals surface area (Å²) in [4.78, 5) is 34.5. The maximum absolute atomic E-state index is 12.1. The summed E-state index contributed by atoms with van der Waals surface area (Å²) in [5.74, 6) is 3.41. The van der Waals surface area contributed by atoms with Gasteiger partial charge in [0.2, 0.25) is 5.91 Å². The molecule has 2 fully saturated rings. The lowest BCUT2D eigenvalue weighted by Gasteiger charge is -2.26. The molecule has 7 heteroatoms. The summed E-state index contributed by atoms with van der Waals surface area (Å²) in [5.41, 5.74) is 0. The number of unbranched alkanes of at least 4 members (excludes halogenated alkanes) is 24. The van der Waals surface area contributed by atoms with Crippen LogP contribution in [-0.2, 0) is 23.9 Å². The minimum atomic E-state index is -0.287. The molecule has 0 aromatic rings. The number of nitrogens with one attached hydrogen (secondary N) is 1. The van der Waals surface area contributed by atoms with Crippen molar-refractivity contribution in [3.63, 3.8) is 0 Å². The number of aliphatic hydroxyl groups excluding tert-OH is 1. The molecule has 2 N–H and O–H groups in total. The number of esters is 1. The zero-order valence-corrected chi connectivity index (χ0v) is 40.4. The second-order valence-electron chi connectivity index (χ2n) is 19.7. The second kappa shape index (κ2) is 41.5. The molecule has 0 aromatic heterocycles. The highest BCUT2D eigenvalue weighted by atomic mass is 16.5. The molecule has 2 saturated carbocycles. The van der Waals surface area contributed by atoms with Crippen molar-refractivity contribution >= 4 is 17.7 Å². The SMILES string of the molecule is COC(=O)CCC(=O)CCC1CCC(C)CC1.COCC(O)CCCCCCCCCCCCCCCCCCCCCCCCCCCC(=O)NCC1CCC(C)CC1. The van der Waals surface area contributed by atoms with E-state index in [2.05, 4.69) is 23.9 Å². The number of aliphatic hydroxyl groups is 1. The Balaban J connectivity index is 0.000000877. The lowest BCUT2D eigenvalue weighted by atomic mass is 9.80. The molecule has 2 aliphatic carbocycles. The molecule has 2 rings (SSSR count). The van der Waals surface area contributed by atoms with Crippen molar-refractivity contribution < 1.29 is 29.0 Å². The summed E-state index contributed by atoms with van der Waals surface area (Å²) < 4.78 is 9.49. The Morgan fingerprint density at radius 2 is 0.883 bits per heavy atom. The quantitative estimate of drug-likeness (QED) is 0.0474. The van der Waals surface area contributed by atoms with E-state index in [1.54, 1.807) is 7.11 Å². The molecular formula is C53H101NO6. The average molecular weight is 848 g/mol. The summed E-state index contributed by atoms with van der Waals surface area (Å²) in [6.45, 7) is 6.05. The number of carbonyl (C=O) groups is 3. The van der Waals surface area contributed by atoms with Crippen LogP contribution < -0.4 is 5.32 Å². The predicted octanol–water partition coefficient (Wildman–Crippen LogP) is 14.6. The Kier molecular flexibility index (Phi) is 39.1. The van der Waals surface area contributed by atoms with Crippen molar-refractivity contribution in [2.24, 2.45) is 23.7 Å². The Morgan fingerprint density at radius 1 is 0.500 bits per heavy atom. The van der Waals surface area contributed by atoms with Gasteiger partial charge in [0.1, 0.15) is 5.78 Å². The lowest BCUT2D eigenvalue weighted by molar-refractivity contribution is -0.142. The summed E-state index contributed by atoms with van der Waals surface area (Å²) in [6.07, 6.45) is 48.3. The van der Waals surface area contributed by atoms with Gasteiger partial charge in [-0.15, -0.1) is 0 Å². The summed E-state index contributed by atoms with van der Waals surface area (Å²) in [6, 6.07) is 0. The standard InChI is InChI=1S/C39H77NO3.C14H24O3/c1-36-30-32-37(33-31-36)34-40-39(42)29-27-25-23-21-19-17-15-13-11-9-7-5-3-4-6-8-10-12-14-16-18-20-22-24-26-28-38(41)35-43-2;1-11-3-5-12(6-4-11)7-8-13(15)9-10-14(16)17-2/h36-38,41H,3-35H2,1-2H3,(H,40,42);11-12H,3-10H2,1-2H3. The van der Waals surface area contributed by atoms with Gasteiger partial charge in [-0.25, -0.2) is 0 Å². The van der Waals surface area contributed by atoms with Gasteiger partial charge in [-0.05, 0) is 55.8 Å². The highest BCUT2D eigenvalue weighted by Gasteiger charge is 2.20. The summed E-state index contributed by atoms with van der Waals surface area (Å²) in [5, 5.41) is 12.8. The van der Waals surface area contributed by atoms with E-state index in [0.29, 0.717) is 19.4 Å². The van der Waals surface area contributed by atoms with Crippen molar-refractivity contribution in [3.05, 3.63) is 0 Å². The van der Waals surface area contributed by atoms with Gasteiger partial charge in [0.15, 0.2) is 0 Å². The van der Waals surface area contributed by atoms with E-state index in [-0.39, 0.29) is 30.2 Å². The zero-order valence-electron chi connectivity index (χ0n) is 40.4. The van der Waals surface area contributed by atoms with Crippen molar-refractivity contribution in [3.8, 4) is 0 Å². The summed E-state index contributed by atoms with van der Waals surface area (Å²) in [7, 11) is 3.01. The van der Waals surface area contributed by atoms with Gasteiger partial charge in [0.25, 0.3) is 0 Å². The average Bonchev–Trinajstić information content (AvgIpc) is 3.25. The van der Waals surface area contributed by atoms with Crippen molar-refractivity contribution in [2.75, 3.05) is 27.4 Å². The molecule has 0 saturated heterocycles. The second-order valence-corrected chi connectivity index (χ2v) is 19.7. The molecule has 354 valence electrons. The number of hydrogen-bond acceptors (Lipinski definition) is 6. The van der Waals surface area contributed by atoms with E-state index < -0.39 is 0 Å². The fraction of sp³-hybridized carbons (Fsp3) is 0.943. The zero-order chi connectivity index (χ0) is 43.7. The molecule has 0 bridgehead atoms. The fourth-order valence-electron chi connectivity index (χ4n) is 9.34. The predicted molar refractivity (Wildman–Crippen MR) is 253 cm³/mol. The van der Waals surface area contributed by atoms with E-state index in [4.69, 9.17) is 4.74 Å². The topological polar surface area (TPSA) is 102 Å². The van der Waals surface area contributed by atoms with Crippen molar-refractivity contribution in [1.82, 2.24) is 5.32 Å². The maximum Gasteiger partial charge on any atom is 0.305 e.